The van der Waals surface area contributed by atoms with Crippen molar-refractivity contribution >= 4 is 5.97 Å². The van der Waals surface area contributed by atoms with Crippen LogP contribution in [0.4, 0.5) is 0 Å². The zero-order valence-corrected chi connectivity index (χ0v) is 13.4. The van der Waals surface area contributed by atoms with E-state index < -0.39 is 17.7 Å². The molecule has 5 atom stereocenters. The van der Waals surface area contributed by atoms with Crippen molar-refractivity contribution in [3.05, 3.63) is 35.9 Å². The number of fused-ring (bicyclic) bond motifs is 2. The lowest BCUT2D eigenvalue weighted by Gasteiger charge is -2.23. The molecule has 1 aromatic rings. The summed E-state index contributed by atoms with van der Waals surface area (Å²) in [4.78, 5) is 12.2. The molecule has 0 aromatic heterocycles. The molecule has 1 spiro atoms. The maximum atomic E-state index is 12.2. The SMILES string of the molecule is CO[C@@H]1O[C@@]2(C[C@H]2OC(=O)c2ccccc2)C2OC(C)(C)OC21. The van der Waals surface area contributed by atoms with Gasteiger partial charge in [-0.25, -0.2) is 4.79 Å². The van der Waals surface area contributed by atoms with Crippen LogP contribution in [0.25, 0.3) is 0 Å². The van der Waals surface area contributed by atoms with Crippen molar-refractivity contribution in [2.75, 3.05) is 7.11 Å². The molecule has 0 N–H and O–H groups in total. The minimum Gasteiger partial charge on any atom is -0.455 e. The van der Waals surface area contributed by atoms with Crippen LogP contribution in [0.15, 0.2) is 30.3 Å². The molecule has 0 bridgehead atoms. The maximum absolute atomic E-state index is 12.2. The number of carbonyl (C=O) groups is 1. The first-order valence-corrected chi connectivity index (χ1v) is 7.77. The Balaban J connectivity index is 1.49. The van der Waals surface area contributed by atoms with Gasteiger partial charge in [0.15, 0.2) is 12.1 Å². The van der Waals surface area contributed by atoms with Gasteiger partial charge < -0.3 is 23.7 Å². The van der Waals surface area contributed by atoms with Crippen LogP contribution in [-0.4, -0.2) is 49.1 Å². The molecule has 3 aliphatic rings. The minimum atomic E-state index is -0.695. The van der Waals surface area contributed by atoms with Crippen molar-refractivity contribution in [1.29, 1.82) is 0 Å². The van der Waals surface area contributed by atoms with E-state index in [1.54, 1.807) is 31.4 Å². The standard InChI is InChI=1S/C17H20O6/c1-16(2)21-12-13(22-16)17(23-15(12)19-3)9-11(17)20-14(18)10-7-5-4-6-8-10/h4-8,11-13,15H,9H2,1-3H3/t11-,12?,13?,15-,17-/m1/s1. The topological polar surface area (TPSA) is 63.2 Å². The summed E-state index contributed by atoms with van der Waals surface area (Å²) in [7, 11) is 1.57. The van der Waals surface area contributed by atoms with E-state index in [2.05, 4.69) is 0 Å². The summed E-state index contributed by atoms with van der Waals surface area (Å²) in [5.74, 6) is -1.05. The average Bonchev–Trinajstić information content (AvgIpc) is 3.00. The molecular weight excluding hydrogens is 300 g/mol. The van der Waals surface area contributed by atoms with Crippen LogP contribution >= 0.6 is 0 Å². The molecule has 2 saturated heterocycles. The second kappa shape index (κ2) is 5.01. The molecule has 2 heterocycles. The first-order chi connectivity index (χ1) is 11.0. The Morgan fingerprint density at radius 2 is 1.91 bits per heavy atom. The molecule has 2 unspecified atom stereocenters. The second-order valence-corrected chi connectivity index (χ2v) is 6.66. The first-order valence-electron chi connectivity index (χ1n) is 7.77. The molecule has 124 valence electrons. The van der Waals surface area contributed by atoms with Crippen molar-refractivity contribution in [3.8, 4) is 0 Å². The monoisotopic (exact) mass is 320 g/mol. The third-order valence-electron chi connectivity index (χ3n) is 4.59. The Morgan fingerprint density at radius 1 is 1.17 bits per heavy atom. The molecule has 1 aliphatic carbocycles. The molecule has 1 aromatic carbocycles. The molecular formula is C17H20O6. The summed E-state index contributed by atoms with van der Waals surface area (Å²) in [6.07, 6.45) is -0.875. The van der Waals surface area contributed by atoms with Crippen molar-refractivity contribution < 1.29 is 28.5 Å². The van der Waals surface area contributed by atoms with Gasteiger partial charge in [-0.15, -0.1) is 0 Å². The van der Waals surface area contributed by atoms with Crippen LogP contribution < -0.4 is 0 Å². The Morgan fingerprint density at radius 3 is 2.61 bits per heavy atom. The largest absolute Gasteiger partial charge is 0.455 e. The number of methoxy groups -OCH3 is 1. The van der Waals surface area contributed by atoms with Gasteiger partial charge in [0.1, 0.15) is 23.9 Å². The van der Waals surface area contributed by atoms with Gasteiger partial charge in [-0.3, -0.25) is 0 Å². The molecule has 0 amide bonds. The maximum Gasteiger partial charge on any atom is 0.338 e. The van der Waals surface area contributed by atoms with Gasteiger partial charge in [-0.1, -0.05) is 18.2 Å². The first kappa shape index (κ1) is 15.1. The molecule has 2 aliphatic heterocycles. The number of ether oxygens (including phenoxy) is 5. The van der Waals surface area contributed by atoms with Gasteiger partial charge in [-0.2, -0.15) is 0 Å². The number of hydrogen-bond donors (Lipinski definition) is 0. The van der Waals surface area contributed by atoms with Crippen molar-refractivity contribution in [3.63, 3.8) is 0 Å². The summed E-state index contributed by atoms with van der Waals surface area (Å²) < 4.78 is 28.8. The predicted molar refractivity (Wildman–Crippen MR) is 78.7 cm³/mol. The van der Waals surface area contributed by atoms with E-state index in [1.165, 1.54) is 0 Å². The summed E-state index contributed by atoms with van der Waals surface area (Å²) >= 11 is 0. The van der Waals surface area contributed by atoms with Crippen molar-refractivity contribution in [1.82, 2.24) is 0 Å². The second-order valence-electron chi connectivity index (χ2n) is 6.66. The Hall–Kier alpha value is -1.47. The van der Waals surface area contributed by atoms with Crippen LogP contribution in [0, 0.1) is 0 Å². The summed E-state index contributed by atoms with van der Waals surface area (Å²) in [6.45, 7) is 3.72. The quantitative estimate of drug-likeness (QED) is 0.793. The third kappa shape index (κ3) is 2.37. The molecule has 4 rings (SSSR count). The Bertz CT molecular complexity index is 615. The highest BCUT2D eigenvalue weighted by atomic mass is 16.8. The van der Waals surface area contributed by atoms with Gasteiger partial charge in [-0.05, 0) is 26.0 Å². The zero-order valence-electron chi connectivity index (χ0n) is 13.4. The molecule has 23 heavy (non-hydrogen) atoms. The zero-order chi connectivity index (χ0) is 16.2. The van der Waals surface area contributed by atoms with E-state index in [9.17, 15) is 4.79 Å². The van der Waals surface area contributed by atoms with Crippen LogP contribution in [0.1, 0.15) is 30.6 Å². The lowest BCUT2D eigenvalue weighted by Crippen LogP contribution is -2.35. The Labute approximate surface area is 134 Å². The van der Waals surface area contributed by atoms with E-state index in [4.69, 9.17) is 23.7 Å². The van der Waals surface area contributed by atoms with Crippen molar-refractivity contribution in [2.24, 2.45) is 0 Å². The number of carbonyl (C=O) groups excluding carboxylic acids is 1. The minimum absolute atomic E-state index is 0.295. The summed E-state index contributed by atoms with van der Waals surface area (Å²) in [5, 5.41) is 0. The Kier molecular flexibility index (Phi) is 3.29. The van der Waals surface area contributed by atoms with E-state index >= 15 is 0 Å². The van der Waals surface area contributed by atoms with Crippen molar-refractivity contribution in [2.45, 2.75) is 56.3 Å². The molecule has 0 radical (unpaired) electrons. The fourth-order valence-electron chi connectivity index (χ4n) is 3.47. The fraction of sp³-hybridized carbons (Fsp3) is 0.588. The van der Waals surface area contributed by atoms with Crippen LogP contribution in [0.2, 0.25) is 0 Å². The number of rotatable bonds is 3. The van der Waals surface area contributed by atoms with Gasteiger partial charge >= 0.3 is 5.97 Å². The number of hydrogen-bond acceptors (Lipinski definition) is 6. The molecule has 6 nitrogen and oxygen atoms in total. The van der Waals surface area contributed by atoms with Crippen LogP contribution in [0.5, 0.6) is 0 Å². The van der Waals surface area contributed by atoms with Crippen LogP contribution in [-0.2, 0) is 23.7 Å². The van der Waals surface area contributed by atoms with Gasteiger partial charge in [0.05, 0.1) is 5.56 Å². The molecule has 1 saturated carbocycles. The molecule has 6 heteroatoms. The summed E-state index contributed by atoms with van der Waals surface area (Å²) in [6, 6.07) is 8.92. The van der Waals surface area contributed by atoms with E-state index in [0.29, 0.717) is 12.0 Å². The highest BCUT2D eigenvalue weighted by molar-refractivity contribution is 5.89. The van der Waals surface area contributed by atoms with E-state index in [0.717, 1.165) is 0 Å². The van der Waals surface area contributed by atoms with E-state index in [1.807, 2.05) is 19.9 Å². The highest BCUT2D eigenvalue weighted by Crippen LogP contribution is 2.57. The van der Waals surface area contributed by atoms with E-state index in [-0.39, 0.29) is 24.3 Å². The predicted octanol–water partition coefficient (Wildman–Crippen LogP) is 1.88. The summed E-state index contributed by atoms with van der Waals surface area (Å²) in [5.41, 5.74) is -0.139. The third-order valence-corrected chi connectivity index (χ3v) is 4.59. The smallest absolute Gasteiger partial charge is 0.338 e. The van der Waals surface area contributed by atoms with Gasteiger partial charge in [0, 0.05) is 13.5 Å². The lowest BCUT2D eigenvalue weighted by molar-refractivity contribution is -0.236. The number of esters is 1. The van der Waals surface area contributed by atoms with Gasteiger partial charge in [0.2, 0.25) is 0 Å². The fourth-order valence-corrected chi connectivity index (χ4v) is 3.47. The van der Waals surface area contributed by atoms with Gasteiger partial charge in [0.25, 0.3) is 0 Å². The van der Waals surface area contributed by atoms with Crippen LogP contribution in [0.3, 0.4) is 0 Å². The lowest BCUT2D eigenvalue weighted by atomic mass is 10.1. The highest BCUT2D eigenvalue weighted by Gasteiger charge is 2.75. The normalized spacial score (nSPS) is 40.1. The number of benzene rings is 1. The molecule has 3 fully saturated rings. The average molecular weight is 320 g/mol.